The van der Waals surface area contributed by atoms with Crippen LogP contribution in [0.25, 0.3) is 0 Å². The molecule has 1 fully saturated rings. The van der Waals surface area contributed by atoms with Crippen LogP contribution in [0.2, 0.25) is 0 Å². The van der Waals surface area contributed by atoms with Gasteiger partial charge in [0.15, 0.2) is 0 Å². The van der Waals surface area contributed by atoms with Crippen molar-refractivity contribution < 1.29 is 5.11 Å². The Morgan fingerprint density at radius 1 is 1.23 bits per heavy atom. The van der Waals surface area contributed by atoms with Crippen LogP contribution in [-0.2, 0) is 0 Å². The predicted molar refractivity (Wildman–Crippen MR) is 55.8 cm³/mol. The molecule has 1 saturated carbocycles. The second-order valence-electron chi connectivity index (χ2n) is 4.14. The predicted octanol–water partition coefficient (Wildman–Crippen LogP) is 2.07. The number of aliphatic hydroxyl groups is 1. The Labute approximate surface area is 81.7 Å². The fourth-order valence-corrected chi connectivity index (χ4v) is 2.13. The monoisotopic (exact) mass is 185 g/mol. The third-order valence-corrected chi connectivity index (χ3v) is 3.16. The van der Waals surface area contributed by atoms with Crippen molar-refractivity contribution in [1.29, 1.82) is 0 Å². The third kappa shape index (κ3) is 3.28. The van der Waals surface area contributed by atoms with Crippen LogP contribution in [0.1, 0.15) is 52.4 Å². The first-order valence-electron chi connectivity index (χ1n) is 5.72. The van der Waals surface area contributed by atoms with Crippen LogP contribution in [0.15, 0.2) is 0 Å². The van der Waals surface area contributed by atoms with E-state index in [-0.39, 0.29) is 6.10 Å². The van der Waals surface area contributed by atoms with Gasteiger partial charge in [-0.3, -0.25) is 0 Å². The normalized spacial score (nSPS) is 29.5. The first-order chi connectivity index (χ1) is 6.27. The number of nitrogens with one attached hydrogen (secondary N) is 1. The van der Waals surface area contributed by atoms with Crippen LogP contribution in [0.4, 0.5) is 0 Å². The molecule has 0 bridgehead atoms. The van der Waals surface area contributed by atoms with Gasteiger partial charge in [-0.2, -0.15) is 0 Å². The van der Waals surface area contributed by atoms with E-state index in [4.69, 9.17) is 0 Å². The van der Waals surface area contributed by atoms with Crippen LogP contribution >= 0.6 is 0 Å². The lowest BCUT2D eigenvalue weighted by atomic mass is 9.91. The largest absolute Gasteiger partial charge is 0.392 e. The highest BCUT2D eigenvalue weighted by molar-refractivity contribution is 4.82. The summed E-state index contributed by atoms with van der Waals surface area (Å²) in [5, 5.41) is 13.3. The molecule has 1 aliphatic carbocycles. The molecule has 0 spiro atoms. The van der Waals surface area contributed by atoms with Gasteiger partial charge >= 0.3 is 0 Å². The molecule has 0 aliphatic heterocycles. The highest BCUT2D eigenvalue weighted by atomic mass is 16.3. The first-order valence-corrected chi connectivity index (χ1v) is 5.72. The fraction of sp³-hybridized carbons (Fsp3) is 1.00. The summed E-state index contributed by atoms with van der Waals surface area (Å²) in [6, 6.07) is 0.955. The first kappa shape index (κ1) is 11.0. The van der Waals surface area contributed by atoms with Crippen molar-refractivity contribution >= 4 is 0 Å². The molecule has 0 aromatic rings. The zero-order chi connectivity index (χ0) is 9.68. The average molecular weight is 185 g/mol. The Hall–Kier alpha value is -0.0800. The van der Waals surface area contributed by atoms with Gasteiger partial charge in [0.1, 0.15) is 0 Å². The van der Waals surface area contributed by atoms with Gasteiger partial charge in [-0.25, -0.2) is 0 Å². The molecular weight excluding hydrogens is 162 g/mol. The summed E-state index contributed by atoms with van der Waals surface area (Å²) < 4.78 is 0. The molecule has 0 aromatic carbocycles. The summed E-state index contributed by atoms with van der Waals surface area (Å²) in [4.78, 5) is 0. The minimum Gasteiger partial charge on any atom is -0.392 e. The smallest absolute Gasteiger partial charge is 0.0693 e. The van der Waals surface area contributed by atoms with E-state index in [9.17, 15) is 5.11 Å². The number of hydrogen-bond acceptors (Lipinski definition) is 2. The second kappa shape index (κ2) is 5.61. The van der Waals surface area contributed by atoms with E-state index in [0.29, 0.717) is 12.1 Å². The topological polar surface area (TPSA) is 32.3 Å². The van der Waals surface area contributed by atoms with Gasteiger partial charge in [-0.15, -0.1) is 0 Å². The van der Waals surface area contributed by atoms with Crippen molar-refractivity contribution in [1.82, 2.24) is 5.32 Å². The molecule has 2 heteroatoms. The highest BCUT2D eigenvalue weighted by Gasteiger charge is 2.23. The Morgan fingerprint density at radius 2 is 1.85 bits per heavy atom. The average Bonchev–Trinajstić information content (AvgIpc) is 2.17. The Morgan fingerprint density at radius 3 is 2.38 bits per heavy atom. The van der Waals surface area contributed by atoms with Gasteiger partial charge < -0.3 is 10.4 Å². The van der Waals surface area contributed by atoms with E-state index in [0.717, 1.165) is 12.8 Å². The summed E-state index contributed by atoms with van der Waals surface area (Å²) in [7, 11) is 0. The molecule has 1 rings (SSSR count). The van der Waals surface area contributed by atoms with E-state index in [1.807, 2.05) is 0 Å². The molecule has 13 heavy (non-hydrogen) atoms. The second-order valence-corrected chi connectivity index (χ2v) is 4.14. The summed E-state index contributed by atoms with van der Waals surface area (Å²) in [6.45, 7) is 4.41. The minimum absolute atomic E-state index is 0.102. The molecule has 0 heterocycles. The van der Waals surface area contributed by atoms with Crippen LogP contribution in [-0.4, -0.2) is 23.3 Å². The lowest BCUT2D eigenvalue weighted by molar-refractivity contribution is 0.0842. The van der Waals surface area contributed by atoms with Gasteiger partial charge in [0, 0.05) is 12.1 Å². The van der Waals surface area contributed by atoms with Gasteiger partial charge in [0.2, 0.25) is 0 Å². The van der Waals surface area contributed by atoms with Gasteiger partial charge in [-0.1, -0.05) is 26.7 Å². The lowest BCUT2D eigenvalue weighted by Crippen LogP contribution is -2.46. The van der Waals surface area contributed by atoms with Crippen molar-refractivity contribution in [3.63, 3.8) is 0 Å². The molecule has 2 N–H and O–H groups in total. The maximum absolute atomic E-state index is 9.75. The van der Waals surface area contributed by atoms with E-state index in [1.165, 1.54) is 25.7 Å². The van der Waals surface area contributed by atoms with E-state index < -0.39 is 0 Å². The van der Waals surface area contributed by atoms with Gasteiger partial charge in [0.25, 0.3) is 0 Å². The number of rotatable bonds is 4. The molecule has 0 aromatic heterocycles. The summed E-state index contributed by atoms with van der Waals surface area (Å²) in [5.41, 5.74) is 0. The molecular formula is C11H23NO. The van der Waals surface area contributed by atoms with Gasteiger partial charge in [-0.05, 0) is 25.7 Å². The van der Waals surface area contributed by atoms with Crippen molar-refractivity contribution in [3.8, 4) is 0 Å². The summed E-state index contributed by atoms with van der Waals surface area (Å²) in [6.07, 6.45) is 6.83. The fourth-order valence-electron chi connectivity index (χ4n) is 2.13. The molecule has 2 atom stereocenters. The molecule has 78 valence electrons. The molecule has 2 nitrogen and oxygen atoms in total. The minimum atomic E-state index is -0.102. The maximum Gasteiger partial charge on any atom is 0.0693 e. The number of aliphatic hydroxyl groups excluding tert-OH is 1. The van der Waals surface area contributed by atoms with E-state index in [1.54, 1.807) is 0 Å². The maximum atomic E-state index is 9.75. The van der Waals surface area contributed by atoms with Gasteiger partial charge in [0.05, 0.1) is 6.10 Å². The third-order valence-electron chi connectivity index (χ3n) is 3.16. The zero-order valence-electron chi connectivity index (χ0n) is 8.92. The standard InChI is InChI=1S/C11H23NO/c1-3-9(4-2)12-10-7-5-6-8-11(10)13/h9-13H,3-8H2,1-2H3/t10-,11-/m1/s1. The van der Waals surface area contributed by atoms with E-state index >= 15 is 0 Å². The molecule has 1 aliphatic rings. The SMILES string of the molecule is CCC(CC)N[C@@H]1CCCC[C@H]1O. The van der Waals surface area contributed by atoms with Crippen molar-refractivity contribution in [2.24, 2.45) is 0 Å². The molecule has 0 radical (unpaired) electrons. The molecule has 0 saturated heterocycles. The van der Waals surface area contributed by atoms with Crippen LogP contribution in [0.3, 0.4) is 0 Å². The van der Waals surface area contributed by atoms with Crippen LogP contribution in [0.5, 0.6) is 0 Å². The quantitative estimate of drug-likeness (QED) is 0.702. The van der Waals surface area contributed by atoms with Crippen LogP contribution in [0, 0.1) is 0 Å². The van der Waals surface area contributed by atoms with Crippen LogP contribution < -0.4 is 5.32 Å². The van der Waals surface area contributed by atoms with Crippen molar-refractivity contribution in [2.45, 2.75) is 70.6 Å². The highest BCUT2D eigenvalue weighted by Crippen LogP contribution is 2.19. The molecule has 0 unspecified atom stereocenters. The van der Waals surface area contributed by atoms with Crippen molar-refractivity contribution in [2.75, 3.05) is 0 Å². The Bertz CT molecular complexity index is 134. The Balaban J connectivity index is 2.32. The van der Waals surface area contributed by atoms with Crippen molar-refractivity contribution in [3.05, 3.63) is 0 Å². The summed E-state index contributed by atoms with van der Waals surface area (Å²) >= 11 is 0. The number of hydrogen-bond donors (Lipinski definition) is 2. The zero-order valence-corrected chi connectivity index (χ0v) is 8.92. The summed E-state index contributed by atoms with van der Waals surface area (Å²) in [5.74, 6) is 0. The molecule has 0 amide bonds. The Kier molecular flexibility index (Phi) is 4.74. The lowest BCUT2D eigenvalue weighted by Gasteiger charge is -2.31. The van der Waals surface area contributed by atoms with E-state index in [2.05, 4.69) is 19.2 Å².